The lowest BCUT2D eigenvalue weighted by atomic mass is 10.2. The summed E-state index contributed by atoms with van der Waals surface area (Å²) in [5.41, 5.74) is 6.24. The van der Waals surface area contributed by atoms with Crippen molar-refractivity contribution in [2.24, 2.45) is 5.73 Å². The first-order chi connectivity index (χ1) is 6.68. The highest BCUT2D eigenvalue weighted by molar-refractivity contribution is 5.87. The number of esters is 1. The molecule has 0 spiro atoms. The molecule has 0 heterocycles. The third-order valence-electron chi connectivity index (χ3n) is 1.51. The van der Waals surface area contributed by atoms with Crippen LogP contribution in [0.5, 0.6) is 0 Å². The van der Waals surface area contributed by atoms with Crippen LogP contribution in [0.2, 0.25) is 0 Å². The van der Waals surface area contributed by atoms with Crippen LogP contribution in [0.15, 0.2) is 36.4 Å². The van der Waals surface area contributed by atoms with Crippen molar-refractivity contribution in [3.63, 3.8) is 0 Å². The van der Waals surface area contributed by atoms with Gasteiger partial charge in [-0.15, -0.1) is 0 Å². The minimum Gasteiger partial charge on any atom is -0.444 e. The third-order valence-corrected chi connectivity index (χ3v) is 1.51. The highest BCUT2D eigenvalue weighted by Crippen LogP contribution is 2.01. The second-order valence-corrected chi connectivity index (χ2v) is 2.89. The monoisotopic (exact) mass is 191 g/mol. The van der Waals surface area contributed by atoms with E-state index in [0.717, 1.165) is 5.56 Å². The number of benzene rings is 1. The molecule has 0 saturated heterocycles. The predicted octanol–water partition coefficient (Wildman–Crippen LogP) is 1.55. The van der Waals surface area contributed by atoms with E-state index < -0.39 is 12.2 Å². The lowest BCUT2D eigenvalue weighted by Gasteiger charge is -2.03. The van der Waals surface area contributed by atoms with E-state index in [2.05, 4.69) is 0 Å². The minimum absolute atomic E-state index is 0.427. The SMILES string of the molecule is CC(N)OC(=O)/C=C/c1ccccc1. The quantitative estimate of drug-likeness (QED) is 0.448. The van der Waals surface area contributed by atoms with Crippen LogP contribution in [-0.2, 0) is 9.53 Å². The van der Waals surface area contributed by atoms with Gasteiger partial charge in [-0.3, -0.25) is 5.73 Å². The molecule has 74 valence electrons. The Labute approximate surface area is 83.2 Å². The maximum absolute atomic E-state index is 11.0. The number of carbonyl (C=O) groups is 1. The van der Waals surface area contributed by atoms with E-state index in [9.17, 15) is 4.79 Å². The Balaban J connectivity index is 2.52. The van der Waals surface area contributed by atoms with Gasteiger partial charge in [-0.05, 0) is 18.6 Å². The smallest absolute Gasteiger partial charge is 0.332 e. The van der Waals surface area contributed by atoms with Gasteiger partial charge in [0.15, 0.2) is 0 Å². The first kappa shape index (κ1) is 10.5. The van der Waals surface area contributed by atoms with E-state index in [1.54, 1.807) is 13.0 Å². The zero-order valence-electron chi connectivity index (χ0n) is 8.01. The Bertz CT molecular complexity index is 317. The van der Waals surface area contributed by atoms with E-state index in [0.29, 0.717) is 0 Å². The molecule has 0 saturated carbocycles. The Hall–Kier alpha value is -1.61. The molecule has 0 aliphatic carbocycles. The Morgan fingerprint density at radius 3 is 2.64 bits per heavy atom. The Kier molecular flexibility index (Phi) is 3.88. The van der Waals surface area contributed by atoms with Gasteiger partial charge in [0, 0.05) is 6.08 Å². The normalized spacial score (nSPS) is 12.7. The molecule has 0 aromatic heterocycles. The summed E-state index contributed by atoms with van der Waals surface area (Å²) in [6.45, 7) is 1.61. The zero-order valence-corrected chi connectivity index (χ0v) is 8.01. The van der Waals surface area contributed by atoms with Crippen LogP contribution in [0, 0.1) is 0 Å². The van der Waals surface area contributed by atoms with Gasteiger partial charge in [0.25, 0.3) is 0 Å². The number of carbonyl (C=O) groups excluding carboxylic acids is 1. The average molecular weight is 191 g/mol. The summed E-state index contributed by atoms with van der Waals surface area (Å²) in [6, 6.07) is 9.51. The molecule has 14 heavy (non-hydrogen) atoms. The van der Waals surface area contributed by atoms with Crippen molar-refractivity contribution >= 4 is 12.0 Å². The summed E-state index contributed by atoms with van der Waals surface area (Å²) in [4.78, 5) is 11.0. The first-order valence-electron chi connectivity index (χ1n) is 4.38. The van der Waals surface area contributed by atoms with Crippen molar-refractivity contribution < 1.29 is 9.53 Å². The van der Waals surface area contributed by atoms with Gasteiger partial charge in [0.2, 0.25) is 0 Å². The van der Waals surface area contributed by atoms with Gasteiger partial charge in [-0.25, -0.2) is 4.79 Å². The molecule has 3 heteroatoms. The molecule has 0 bridgehead atoms. The summed E-state index contributed by atoms with van der Waals surface area (Å²) in [5.74, 6) is -0.427. The molecule has 1 atom stereocenters. The second-order valence-electron chi connectivity index (χ2n) is 2.89. The number of hydrogen-bond acceptors (Lipinski definition) is 3. The lowest BCUT2D eigenvalue weighted by Crippen LogP contribution is -2.22. The fourth-order valence-corrected chi connectivity index (χ4v) is 0.951. The maximum atomic E-state index is 11.0. The molecular formula is C11H13NO2. The Morgan fingerprint density at radius 2 is 2.07 bits per heavy atom. The molecule has 1 aromatic rings. The van der Waals surface area contributed by atoms with Gasteiger partial charge in [0.1, 0.15) is 6.23 Å². The topological polar surface area (TPSA) is 52.3 Å². The number of ether oxygens (including phenoxy) is 1. The number of nitrogens with two attached hydrogens (primary N) is 1. The van der Waals surface area contributed by atoms with Crippen molar-refractivity contribution in [1.82, 2.24) is 0 Å². The van der Waals surface area contributed by atoms with Crippen molar-refractivity contribution in [2.45, 2.75) is 13.2 Å². The van der Waals surface area contributed by atoms with Crippen molar-refractivity contribution in [3.05, 3.63) is 42.0 Å². The largest absolute Gasteiger partial charge is 0.444 e. The van der Waals surface area contributed by atoms with Crippen LogP contribution >= 0.6 is 0 Å². The summed E-state index contributed by atoms with van der Waals surface area (Å²) >= 11 is 0. The molecular weight excluding hydrogens is 178 g/mol. The third kappa shape index (κ3) is 3.87. The van der Waals surface area contributed by atoms with Crippen molar-refractivity contribution in [1.29, 1.82) is 0 Å². The van der Waals surface area contributed by atoms with E-state index in [1.807, 2.05) is 30.3 Å². The summed E-state index contributed by atoms with van der Waals surface area (Å²) in [6.07, 6.45) is 2.48. The molecule has 1 aromatic carbocycles. The molecule has 0 aliphatic rings. The highest BCUT2D eigenvalue weighted by atomic mass is 16.5. The molecule has 0 aliphatic heterocycles. The molecule has 2 N–H and O–H groups in total. The summed E-state index contributed by atoms with van der Waals surface area (Å²) in [7, 11) is 0. The molecule has 0 fully saturated rings. The Morgan fingerprint density at radius 1 is 1.43 bits per heavy atom. The minimum atomic E-state index is -0.567. The fraction of sp³-hybridized carbons (Fsp3) is 0.182. The van der Waals surface area contributed by atoms with Gasteiger partial charge in [0.05, 0.1) is 0 Å². The summed E-state index contributed by atoms with van der Waals surface area (Å²) in [5, 5.41) is 0. The van der Waals surface area contributed by atoms with E-state index in [-0.39, 0.29) is 0 Å². The van der Waals surface area contributed by atoms with Crippen LogP contribution in [0.4, 0.5) is 0 Å². The first-order valence-corrected chi connectivity index (χ1v) is 4.38. The van der Waals surface area contributed by atoms with Crippen LogP contribution in [0.25, 0.3) is 6.08 Å². The second kappa shape index (κ2) is 5.19. The van der Waals surface area contributed by atoms with Crippen LogP contribution in [-0.4, -0.2) is 12.2 Å². The number of rotatable bonds is 3. The van der Waals surface area contributed by atoms with Gasteiger partial charge < -0.3 is 4.74 Å². The van der Waals surface area contributed by atoms with Gasteiger partial charge >= 0.3 is 5.97 Å². The molecule has 3 nitrogen and oxygen atoms in total. The molecule has 1 rings (SSSR count). The van der Waals surface area contributed by atoms with E-state index >= 15 is 0 Å². The van der Waals surface area contributed by atoms with Gasteiger partial charge in [-0.1, -0.05) is 30.3 Å². The highest BCUT2D eigenvalue weighted by Gasteiger charge is 1.99. The standard InChI is InChI=1S/C11H13NO2/c1-9(12)14-11(13)8-7-10-5-3-2-4-6-10/h2-9H,12H2,1H3/b8-7+. The van der Waals surface area contributed by atoms with E-state index in [1.165, 1.54) is 6.08 Å². The summed E-state index contributed by atoms with van der Waals surface area (Å²) < 4.78 is 4.72. The van der Waals surface area contributed by atoms with E-state index in [4.69, 9.17) is 10.5 Å². The van der Waals surface area contributed by atoms with Crippen LogP contribution in [0.3, 0.4) is 0 Å². The molecule has 0 amide bonds. The van der Waals surface area contributed by atoms with Crippen molar-refractivity contribution in [2.75, 3.05) is 0 Å². The fourth-order valence-electron chi connectivity index (χ4n) is 0.951. The van der Waals surface area contributed by atoms with Crippen molar-refractivity contribution in [3.8, 4) is 0 Å². The molecule has 1 unspecified atom stereocenters. The van der Waals surface area contributed by atoms with Crippen LogP contribution in [0.1, 0.15) is 12.5 Å². The van der Waals surface area contributed by atoms with Gasteiger partial charge in [-0.2, -0.15) is 0 Å². The predicted molar refractivity (Wildman–Crippen MR) is 55.2 cm³/mol. The number of hydrogen-bond donors (Lipinski definition) is 1. The average Bonchev–Trinajstić information content (AvgIpc) is 2.15. The van der Waals surface area contributed by atoms with Crippen LogP contribution < -0.4 is 5.73 Å². The zero-order chi connectivity index (χ0) is 10.4. The lowest BCUT2D eigenvalue weighted by molar-refractivity contribution is -0.141. The molecule has 0 radical (unpaired) electrons. The maximum Gasteiger partial charge on any atom is 0.332 e.